The van der Waals surface area contributed by atoms with Gasteiger partial charge in [0.1, 0.15) is 0 Å². The first-order valence-corrected chi connectivity index (χ1v) is 6.46. The molecular weight excluding hydrogens is 216 g/mol. The maximum atomic E-state index is 11.7. The van der Waals surface area contributed by atoms with Gasteiger partial charge in [0.15, 0.2) is 0 Å². The second-order valence-electron chi connectivity index (χ2n) is 5.04. The molecule has 5 heteroatoms. The maximum absolute atomic E-state index is 11.7. The Morgan fingerprint density at radius 1 is 1.47 bits per heavy atom. The molecule has 0 bridgehead atoms. The van der Waals surface area contributed by atoms with Crippen LogP contribution in [0.15, 0.2) is 0 Å². The zero-order chi connectivity index (χ0) is 12.8. The number of amides is 1. The van der Waals surface area contributed by atoms with Crippen molar-refractivity contribution in [1.82, 2.24) is 15.1 Å². The largest absolute Gasteiger partial charge is 0.353 e. The molecular formula is C12H26N4O. The van der Waals surface area contributed by atoms with Crippen molar-refractivity contribution < 1.29 is 4.79 Å². The van der Waals surface area contributed by atoms with E-state index in [1.54, 1.807) is 0 Å². The van der Waals surface area contributed by atoms with E-state index in [1.807, 2.05) is 6.92 Å². The van der Waals surface area contributed by atoms with Crippen molar-refractivity contribution >= 4 is 5.91 Å². The summed E-state index contributed by atoms with van der Waals surface area (Å²) in [6.45, 7) is 5.88. The van der Waals surface area contributed by atoms with E-state index in [-0.39, 0.29) is 11.9 Å². The monoisotopic (exact) mass is 242 g/mol. The lowest BCUT2D eigenvalue weighted by molar-refractivity contribution is -0.122. The minimum absolute atomic E-state index is 0.0199. The van der Waals surface area contributed by atoms with E-state index < -0.39 is 0 Å². The average Bonchev–Trinajstić information content (AvgIpc) is 2.30. The third kappa shape index (κ3) is 4.61. The average molecular weight is 242 g/mol. The molecule has 1 aliphatic rings. The van der Waals surface area contributed by atoms with Crippen molar-refractivity contribution in [2.24, 2.45) is 5.73 Å². The van der Waals surface area contributed by atoms with Crippen LogP contribution < -0.4 is 11.1 Å². The molecule has 1 fully saturated rings. The van der Waals surface area contributed by atoms with Gasteiger partial charge in [-0.15, -0.1) is 0 Å². The molecule has 0 aromatic heterocycles. The van der Waals surface area contributed by atoms with Gasteiger partial charge in [0.05, 0.1) is 6.04 Å². The fourth-order valence-corrected chi connectivity index (χ4v) is 2.11. The summed E-state index contributed by atoms with van der Waals surface area (Å²) in [5.41, 5.74) is 5.77. The van der Waals surface area contributed by atoms with E-state index in [9.17, 15) is 4.79 Å². The van der Waals surface area contributed by atoms with Crippen LogP contribution in [-0.2, 0) is 4.79 Å². The molecule has 17 heavy (non-hydrogen) atoms. The van der Waals surface area contributed by atoms with Gasteiger partial charge in [-0.2, -0.15) is 0 Å². The molecule has 0 aromatic carbocycles. The normalized spacial score (nSPS) is 24.6. The van der Waals surface area contributed by atoms with Gasteiger partial charge in [0.2, 0.25) is 5.91 Å². The molecule has 3 N–H and O–H groups in total. The van der Waals surface area contributed by atoms with Gasteiger partial charge in [-0.05, 0) is 20.5 Å². The number of hydrogen-bond acceptors (Lipinski definition) is 4. The summed E-state index contributed by atoms with van der Waals surface area (Å²) >= 11 is 0. The Morgan fingerprint density at radius 2 is 2.18 bits per heavy atom. The summed E-state index contributed by atoms with van der Waals surface area (Å²) in [6.07, 6.45) is 1.70. The van der Waals surface area contributed by atoms with Crippen LogP contribution in [0.3, 0.4) is 0 Å². The first kappa shape index (κ1) is 14.4. The van der Waals surface area contributed by atoms with Crippen LogP contribution in [0.25, 0.3) is 0 Å². The van der Waals surface area contributed by atoms with Gasteiger partial charge in [-0.1, -0.05) is 13.3 Å². The zero-order valence-corrected chi connectivity index (χ0v) is 11.3. The topological polar surface area (TPSA) is 61.6 Å². The number of rotatable bonds is 5. The van der Waals surface area contributed by atoms with E-state index in [4.69, 9.17) is 5.73 Å². The molecule has 2 atom stereocenters. The minimum Gasteiger partial charge on any atom is -0.353 e. The Balaban J connectivity index is 2.31. The Labute approximate surface area is 104 Å². The number of nitrogens with one attached hydrogen (secondary N) is 1. The lowest BCUT2D eigenvalue weighted by Gasteiger charge is -2.37. The zero-order valence-electron chi connectivity index (χ0n) is 11.3. The highest BCUT2D eigenvalue weighted by Crippen LogP contribution is 2.04. The second-order valence-corrected chi connectivity index (χ2v) is 5.04. The van der Waals surface area contributed by atoms with Crippen molar-refractivity contribution in [3.63, 3.8) is 0 Å². The third-order valence-corrected chi connectivity index (χ3v) is 3.43. The second kappa shape index (κ2) is 6.93. The predicted octanol–water partition coefficient (Wildman–Crippen LogP) is -0.524. The summed E-state index contributed by atoms with van der Waals surface area (Å²) in [7, 11) is 4.22. The minimum atomic E-state index is -0.355. The van der Waals surface area contributed by atoms with Crippen LogP contribution in [0.1, 0.15) is 19.8 Å². The summed E-state index contributed by atoms with van der Waals surface area (Å²) in [4.78, 5) is 16.3. The van der Waals surface area contributed by atoms with Gasteiger partial charge in [-0.25, -0.2) is 0 Å². The van der Waals surface area contributed by atoms with Gasteiger partial charge < -0.3 is 16.0 Å². The molecule has 2 unspecified atom stereocenters. The van der Waals surface area contributed by atoms with E-state index >= 15 is 0 Å². The van der Waals surface area contributed by atoms with E-state index in [1.165, 1.54) is 0 Å². The van der Waals surface area contributed by atoms with Crippen molar-refractivity contribution in [3.05, 3.63) is 0 Å². The Bertz CT molecular complexity index is 247. The van der Waals surface area contributed by atoms with E-state index in [0.29, 0.717) is 12.6 Å². The van der Waals surface area contributed by atoms with Crippen LogP contribution >= 0.6 is 0 Å². The molecule has 0 spiro atoms. The number of hydrogen-bond donors (Lipinski definition) is 2. The van der Waals surface area contributed by atoms with E-state index in [2.05, 4.69) is 29.2 Å². The molecule has 1 saturated heterocycles. The predicted molar refractivity (Wildman–Crippen MR) is 69.8 cm³/mol. The summed E-state index contributed by atoms with van der Waals surface area (Å²) in [6, 6.07) is 0.0400. The number of nitrogens with zero attached hydrogens (tertiary/aromatic N) is 2. The molecule has 100 valence electrons. The van der Waals surface area contributed by atoms with Crippen LogP contribution in [0.4, 0.5) is 0 Å². The Kier molecular flexibility index (Phi) is 5.88. The number of carbonyl (C=O) groups excluding carboxylic acids is 1. The first-order valence-electron chi connectivity index (χ1n) is 6.46. The SMILES string of the molecule is CCCC(N)C(=O)NCC1CN(C)CCN1C. The van der Waals surface area contributed by atoms with Gasteiger partial charge in [-0.3, -0.25) is 9.69 Å². The summed E-state index contributed by atoms with van der Waals surface area (Å²) in [5.74, 6) is -0.0199. The van der Waals surface area contributed by atoms with Crippen molar-refractivity contribution in [2.75, 3.05) is 40.3 Å². The van der Waals surface area contributed by atoms with Crippen LogP contribution in [-0.4, -0.2) is 68.1 Å². The van der Waals surface area contributed by atoms with Crippen LogP contribution in [0.5, 0.6) is 0 Å². The molecule has 0 radical (unpaired) electrons. The number of nitrogens with two attached hydrogens (primary N) is 1. The Hall–Kier alpha value is -0.650. The first-order chi connectivity index (χ1) is 8.04. The summed E-state index contributed by atoms with van der Waals surface area (Å²) in [5, 5.41) is 2.96. The van der Waals surface area contributed by atoms with Crippen LogP contribution in [0.2, 0.25) is 0 Å². The van der Waals surface area contributed by atoms with Gasteiger partial charge in [0, 0.05) is 32.2 Å². The molecule has 1 aliphatic heterocycles. The lowest BCUT2D eigenvalue weighted by atomic mass is 10.1. The number of likely N-dealkylation sites (N-methyl/N-ethyl adjacent to an activating group) is 2. The molecule has 0 saturated carbocycles. The molecule has 1 rings (SSSR count). The highest BCUT2D eigenvalue weighted by atomic mass is 16.2. The fourth-order valence-electron chi connectivity index (χ4n) is 2.11. The molecule has 0 aromatic rings. The van der Waals surface area contributed by atoms with Gasteiger partial charge in [0.25, 0.3) is 0 Å². The smallest absolute Gasteiger partial charge is 0.236 e. The highest BCUT2D eigenvalue weighted by molar-refractivity contribution is 5.81. The van der Waals surface area contributed by atoms with Crippen molar-refractivity contribution in [3.8, 4) is 0 Å². The maximum Gasteiger partial charge on any atom is 0.236 e. The van der Waals surface area contributed by atoms with Crippen LogP contribution in [0, 0.1) is 0 Å². The standard InChI is InChI=1S/C12H26N4O/c1-4-5-11(13)12(17)14-8-10-9-15(2)6-7-16(10)3/h10-11H,4-9,13H2,1-3H3,(H,14,17). The molecule has 1 heterocycles. The highest BCUT2D eigenvalue weighted by Gasteiger charge is 2.23. The lowest BCUT2D eigenvalue weighted by Crippen LogP contribution is -2.55. The third-order valence-electron chi connectivity index (χ3n) is 3.43. The molecule has 0 aliphatic carbocycles. The summed E-state index contributed by atoms with van der Waals surface area (Å²) < 4.78 is 0. The van der Waals surface area contributed by atoms with Crippen molar-refractivity contribution in [2.45, 2.75) is 31.8 Å². The number of piperazine rings is 1. The molecule has 5 nitrogen and oxygen atoms in total. The number of carbonyl (C=O) groups is 1. The molecule has 1 amide bonds. The quantitative estimate of drug-likeness (QED) is 0.681. The Morgan fingerprint density at radius 3 is 2.82 bits per heavy atom. The van der Waals surface area contributed by atoms with E-state index in [0.717, 1.165) is 32.5 Å². The fraction of sp³-hybridized carbons (Fsp3) is 0.917. The van der Waals surface area contributed by atoms with Crippen molar-refractivity contribution in [1.29, 1.82) is 0 Å². The van der Waals surface area contributed by atoms with Gasteiger partial charge >= 0.3 is 0 Å².